The molecule has 51 heavy (non-hydrogen) atoms. The summed E-state index contributed by atoms with van der Waals surface area (Å²) in [5.41, 5.74) is 4.63. The van der Waals surface area contributed by atoms with Crippen LogP contribution in [0.25, 0.3) is 10.8 Å². The van der Waals surface area contributed by atoms with E-state index in [0.717, 1.165) is 42.9 Å². The van der Waals surface area contributed by atoms with Gasteiger partial charge in [0.1, 0.15) is 17.7 Å². The highest BCUT2D eigenvalue weighted by molar-refractivity contribution is 6.01. The Morgan fingerprint density at radius 3 is 2.39 bits per heavy atom. The van der Waals surface area contributed by atoms with Gasteiger partial charge in [-0.2, -0.15) is 0 Å². The molecule has 0 radical (unpaired) electrons. The number of aliphatic hydroxyl groups excluding tert-OH is 1. The predicted molar refractivity (Wildman–Crippen MR) is 184 cm³/mol. The number of fused-ring (bicyclic) bond motifs is 1. The number of aromatic nitrogens is 3. The first kappa shape index (κ1) is 37.2. The first-order valence-electron chi connectivity index (χ1n) is 17.2. The molecule has 2 aliphatic rings. The number of benzene rings is 2. The van der Waals surface area contributed by atoms with Gasteiger partial charge in [0, 0.05) is 25.1 Å². The zero-order valence-corrected chi connectivity index (χ0v) is 28.7. The minimum atomic E-state index is -1.94. The van der Waals surface area contributed by atoms with Crippen molar-refractivity contribution in [2.24, 2.45) is 11.7 Å². The zero-order chi connectivity index (χ0) is 36.9. The Labute approximate surface area is 294 Å². The maximum absolute atomic E-state index is 14.7. The molecule has 16 nitrogen and oxygen atoms in total. The van der Waals surface area contributed by atoms with Crippen molar-refractivity contribution < 1.29 is 39.3 Å². The lowest BCUT2D eigenvalue weighted by Crippen LogP contribution is -2.59. The number of carboxylic acid groups (broad SMARTS) is 1. The summed E-state index contributed by atoms with van der Waals surface area (Å²) in [6, 6.07) is 8.58. The molecule has 3 aromatic rings. The summed E-state index contributed by atoms with van der Waals surface area (Å²) in [5.74, 6) is -2.78. The average Bonchev–Trinajstić information content (AvgIpc) is 3.78. The van der Waals surface area contributed by atoms with Crippen molar-refractivity contribution in [2.75, 3.05) is 13.1 Å². The van der Waals surface area contributed by atoms with Crippen molar-refractivity contribution in [1.82, 2.24) is 35.8 Å². The maximum Gasteiger partial charge on any atom is 0.404 e. The Morgan fingerprint density at radius 1 is 1.02 bits per heavy atom. The van der Waals surface area contributed by atoms with Crippen molar-refractivity contribution in [2.45, 2.75) is 94.7 Å². The number of rotatable bonds is 13. The average molecular weight is 707 g/mol. The first-order valence-corrected chi connectivity index (χ1v) is 17.2. The topological polar surface area (TPSA) is 242 Å². The fourth-order valence-corrected chi connectivity index (χ4v) is 7.10. The van der Waals surface area contributed by atoms with Crippen LogP contribution in [0.1, 0.15) is 80.9 Å². The third-order valence-electron chi connectivity index (χ3n) is 9.79. The van der Waals surface area contributed by atoms with Crippen LogP contribution in [0.3, 0.4) is 0 Å². The molecule has 0 spiro atoms. The Balaban J connectivity index is 1.47. The fraction of sp³-hybridized carbons (Fsp3) is 0.514. The van der Waals surface area contributed by atoms with Crippen LogP contribution in [0.4, 0.5) is 4.79 Å². The van der Waals surface area contributed by atoms with E-state index in [1.807, 2.05) is 35.6 Å². The van der Waals surface area contributed by atoms with Crippen LogP contribution in [0, 0.1) is 5.92 Å². The minimum Gasteiger partial charge on any atom is -0.465 e. The van der Waals surface area contributed by atoms with Crippen molar-refractivity contribution in [1.29, 1.82) is 0 Å². The van der Waals surface area contributed by atoms with Crippen LogP contribution >= 0.6 is 0 Å². The standard InChI is InChI=1S/C35H46N8O8/c1-35(2,51)28-18-38-41-43(28)24-16-27(32(47)40-26(17-37-34(49)50)29(44)30(36)45)42(19-24)33(48)25(14-20-8-4-3-5-9-20)39-31(46)23-13-12-21-10-6-7-11-22(21)15-23/h6-7,10-13,15,18,20,24-27,29,37,44,51H,3-5,8-9,14,16-17,19H2,1-2H3,(H2,36,45)(H,39,46)(H,40,47)(H,49,50)/t24-,25+,26?,27-,29?/m0/s1. The summed E-state index contributed by atoms with van der Waals surface area (Å²) in [5, 5.41) is 47.8. The monoisotopic (exact) mass is 706 g/mol. The highest BCUT2D eigenvalue weighted by atomic mass is 16.4. The molecule has 8 N–H and O–H groups in total. The molecule has 5 amide bonds. The van der Waals surface area contributed by atoms with Gasteiger partial charge in [-0.05, 0) is 49.1 Å². The van der Waals surface area contributed by atoms with Gasteiger partial charge in [0.2, 0.25) is 17.7 Å². The third-order valence-corrected chi connectivity index (χ3v) is 9.79. The Hall–Kier alpha value is -5.09. The van der Waals surface area contributed by atoms with E-state index in [-0.39, 0.29) is 18.9 Å². The van der Waals surface area contributed by atoms with Crippen LogP contribution in [-0.4, -0.2) is 102 Å². The largest absolute Gasteiger partial charge is 0.465 e. The molecule has 1 aliphatic carbocycles. The van der Waals surface area contributed by atoms with Crippen LogP contribution in [-0.2, 0) is 20.0 Å². The number of carbonyl (C=O) groups excluding carboxylic acids is 4. The Bertz CT molecular complexity index is 1750. The second-order valence-electron chi connectivity index (χ2n) is 14.0. The van der Waals surface area contributed by atoms with Crippen LogP contribution < -0.4 is 21.7 Å². The molecule has 2 unspecified atom stereocenters. The molecular weight excluding hydrogens is 660 g/mol. The van der Waals surface area contributed by atoms with E-state index in [1.165, 1.54) is 15.8 Å². The molecule has 1 saturated carbocycles. The molecule has 5 atom stereocenters. The highest BCUT2D eigenvalue weighted by Crippen LogP contribution is 2.33. The highest BCUT2D eigenvalue weighted by Gasteiger charge is 2.45. The van der Waals surface area contributed by atoms with Gasteiger partial charge in [0.05, 0.1) is 24.0 Å². The van der Waals surface area contributed by atoms with E-state index in [9.17, 15) is 34.2 Å². The van der Waals surface area contributed by atoms with Crippen LogP contribution in [0.2, 0.25) is 0 Å². The summed E-state index contributed by atoms with van der Waals surface area (Å²) in [6.45, 7) is 2.51. The first-order chi connectivity index (χ1) is 24.2. The van der Waals surface area contributed by atoms with E-state index >= 15 is 0 Å². The van der Waals surface area contributed by atoms with E-state index < -0.39 is 72.1 Å². The second-order valence-corrected chi connectivity index (χ2v) is 14.0. The molecule has 1 aromatic heterocycles. The number of nitrogens with zero attached hydrogens (tertiary/aromatic N) is 4. The van der Waals surface area contributed by atoms with Gasteiger partial charge in [-0.1, -0.05) is 67.6 Å². The van der Waals surface area contributed by atoms with Crippen LogP contribution in [0.15, 0.2) is 48.7 Å². The van der Waals surface area contributed by atoms with Crippen molar-refractivity contribution in [3.8, 4) is 0 Å². The lowest BCUT2D eigenvalue weighted by Gasteiger charge is -2.32. The normalized spacial score (nSPS) is 20.0. The summed E-state index contributed by atoms with van der Waals surface area (Å²) in [4.78, 5) is 66.8. The minimum absolute atomic E-state index is 0.00940. The van der Waals surface area contributed by atoms with Gasteiger partial charge in [0.15, 0.2) is 6.10 Å². The molecule has 0 bridgehead atoms. The molecule has 274 valence electrons. The molecule has 1 saturated heterocycles. The SMILES string of the molecule is CC(C)(O)c1cnnn1[C@H]1C[C@@H](C(=O)NC(CNC(=O)O)C(O)C(N)=O)N(C(=O)[C@@H](CC2CCCCC2)NC(=O)c2ccc3ccccc3c2)C1. The van der Waals surface area contributed by atoms with Gasteiger partial charge in [-0.25, -0.2) is 9.48 Å². The van der Waals surface area contributed by atoms with Gasteiger partial charge in [0.25, 0.3) is 5.91 Å². The molecule has 16 heteroatoms. The van der Waals surface area contributed by atoms with Gasteiger partial charge < -0.3 is 41.9 Å². The molecule has 2 heterocycles. The lowest BCUT2D eigenvalue weighted by atomic mass is 9.84. The molecule has 1 aliphatic heterocycles. The van der Waals surface area contributed by atoms with E-state index in [4.69, 9.17) is 10.8 Å². The summed E-state index contributed by atoms with van der Waals surface area (Å²) >= 11 is 0. The van der Waals surface area contributed by atoms with E-state index in [2.05, 4.69) is 20.9 Å². The second kappa shape index (κ2) is 15.9. The zero-order valence-electron chi connectivity index (χ0n) is 28.7. The van der Waals surface area contributed by atoms with E-state index in [0.29, 0.717) is 17.7 Å². The number of likely N-dealkylation sites (tertiary alicyclic amines) is 1. The van der Waals surface area contributed by atoms with Gasteiger partial charge in [-0.3, -0.25) is 19.2 Å². The number of nitrogens with one attached hydrogen (secondary N) is 3. The smallest absolute Gasteiger partial charge is 0.404 e. The fourth-order valence-electron chi connectivity index (χ4n) is 7.10. The number of carbonyl (C=O) groups is 5. The number of amides is 5. The predicted octanol–water partition coefficient (Wildman–Crippen LogP) is 1.17. The van der Waals surface area contributed by atoms with Crippen molar-refractivity contribution in [3.05, 3.63) is 59.9 Å². The summed E-state index contributed by atoms with van der Waals surface area (Å²) < 4.78 is 1.46. The number of hydrogen-bond donors (Lipinski definition) is 7. The van der Waals surface area contributed by atoms with Crippen molar-refractivity contribution >= 4 is 40.5 Å². The van der Waals surface area contributed by atoms with Crippen molar-refractivity contribution in [3.63, 3.8) is 0 Å². The third kappa shape index (κ3) is 8.99. The van der Waals surface area contributed by atoms with Gasteiger partial charge in [-0.15, -0.1) is 5.10 Å². The maximum atomic E-state index is 14.7. The quantitative estimate of drug-likeness (QED) is 0.134. The van der Waals surface area contributed by atoms with Gasteiger partial charge >= 0.3 is 6.09 Å². The Kier molecular flexibility index (Phi) is 11.6. The number of aliphatic hydroxyl groups is 2. The summed E-state index contributed by atoms with van der Waals surface area (Å²) in [7, 11) is 0. The molecular formula is C35H46N8O8. The molecule has 5 rings (SSSR count). The lowest BCUT2D eigenvalue weighted by molar-refractivity contribution is -0.141. The molecule has 2 aromatic carbocycles. The number of nitrogens with two attached hydrogens (primary N) is 1. The van der Waals surface area contributed by atoms with E-state index in [1.54, 1.807) is 26.0 Å². The number of hydrogen-bond acceptors (Lipinski definition) is 9. The Morgan fingerprint density at radius 2 is 1.73 bits per heavy atom. The summed E-state index contributed by atoms with van der Waals surface area (Å²) in [6.07, 6.45) is 3.20. The van der Waals surface area contributed by atoms with Crippen LogP contribution in [0.5, 0.6) is 0 Å². The number of primary amides is 1. The molecule has 2 fully saturated rings.